The zero-order valence-electron chi connectivity index (χ0n) is 13.3. The molecule has 0 atom stereocenters. The second kappa shape index (κ2) is 6.45. The van der Waals surface area contributed by atoms with E-state index in [1.165, 1.54) is 48.0 Å². The number of rotatable bonds is 3. The first kappa shape index (κ1) is 17.4. The van der Waals surface area contributed by atoms with Crippen molar-refractivity contribution in [3.63, 3.8) is 0 Å². The Bertz CT molecular complexity index is 1090. The summed E-state index contributed by atoms with van der Waals surface area (Å²) in [4.78, 5) is 22.5. The molecule has 2 aromatic carbocycles. The lowest BCUT2D eigenvalue weighted by Gasteiger charge is -1.99. The molecule has 0 saturated heterocycles. The molecule has 0 saturated carbocycles. The smallest absolute Gasteiger partial charge is 0.299 e. The summed E-state index contributed by atoms with van der Waals surface area (Å²) in [5, 5.41) is 38.6. The number of carbonyl (C=O) groups excluding carboxylic acids is 1. The van der Waals surface area contributed by atoms with Gasteiger partial charge in [0.1, 0.15) is 5.75 Å². The summed E-state index contributed by atoms with van der Waals surface area (Å²) in [7, 11) is 1.54. The van der Waals surface area contributed by atoms with E-state index >= 15 is 0 Å². The highest BCUT2D eigenvalue weighted by molar-refractivity contribution is 6.30. The molecule has 9 nitrogen and oxygen atoms in total. The Morgan fingerprint density at radius 1 is 1.23 bits per heavy atom. The highest BCUT2D eigenvalue weighted by Crippen LogP contribution is 2.39. The molecular weight excluding hydrogens is 364 g/mol. The molecule has 0 aliphatic rings. The lowest BCUT2D eigenvalue weighted by atomic mass is 10.2. The minimum Gasteiger partial charge on any atom is -0.507 e. The number of halogens is 1. The third-order valence-corrected chi connectivity index (χ3v) is 4.00. The number of aromatic hydroxyl groups is 2. The Balaban J connectivity index is 2.06. The van der Waals surface area contributed by atoms with Gasteiger partial charge in [0.05, 0.1) is 16.0 Å². The maximum atomic E-state index is 12.1. The van der Waals surface area contributed by atoms with E-state index in [0.717, 1.165) is 0 Å². The number of amides is 1. The van der Waals surface area contributed by atoms with Crippen molar-refractivity contribution in [2.24, 2.45) is 17.3 Å². The van der Waals surface area contributed by atoms with E-state index < -0.39 is 10.8 Å². The minimum atomic E-state index is -0.860. The van der Waals surface area contributed by atoms with Crippen LogP contribution in [0.1, 0.15) is 10.4 Å². The van der Waals surface area contributed by atoms with Gasteiger partial charge in [0.2, 0.25) is 5.88 Å². The molecule has 0 unspecified atom stereocenters. The van der Waals surface area contributed by atoms with Crippen LogP contribution in [0.5, 0.6) is 11.6 Å². The van der Waals surface area contributed by atoms with E-state index in [1.54, 1.807) is 0 Å². The van der Waals surface area contributed by atoms with Crippen LogP contribution in [0, 0.1) is 10.1 Å². The highest BCUT2D eigenvalue weighted by Gasteiger charge is 2.19. The fourth-order valence-electron chi connectivity index (χ4n) is 2.45. The molecule has 1 aromatic heterocycles. The predicted octanol–water partition coefficient (Wildman–Crippen LogP) is 4.08. The number of benzene rings is 2. The number of hydrogen-bond acceptors (Lipinski definition) is 6. The van der Waals surface area contributed by atoms with E-state index in [4.69, 9.17) is 11.6 Å². The molecule has 0 aliphatic carbocycles. The molecule has 132 valence electrons. The third-order valence-electron chi connectivity index (χ3n) is 3.77. The number of nitro benzene ring substituents is 1. The van der Waals surface area contributed by atoms with Crippen molar-refractivity contribution in [1.82, 2.24) is 4.57 Å². The van der Waals surface area contributed by atoms with Gasteiger partial charge < -0.3 is 14.8 Å². The SMILES string of the molecule is Cn1c(O)c(N=NC(=O)c2ccc(Cl)cc2O)c2cc([N+](=O)[O-])ccc21. The summed E-state index contributed by atoms with van der Waals surface area (Å²) in [6, 6.07) is 7.85. The van der Waals surface area contributed by atoms with Crippen molar-refractivity contribution in [2.45, 2.75) is 0 Å². The topological polar surface area (TPSA) is 130 Å². The van der Waals surface area contributed by atoms with Crippen LogP contribution in [0.2, 0.25) is 5.02 Å². The van der Waals surface area contributed by atoms with Crippen molar-refractivity contribution in [3.05, 3.63) is 57.1 Å². The summed E-state index contributed by atoms with van der Waals surface area (Å²) in [6.45, 7) is 0. The number of nitrogens with zero attached hydrogens (tertiary/aromatic N) is 4. The van der Waals surface area contributed by atoms with Gasteiger partial charge in [-0.3, -0.25) is 14.9 Å². The van der Waals surface area contributed by atoms with Gasteiger partial charge in [-0.25, -0.2) is 0 Å². The molecule has 1 amide bonds. The van der Waals surface area contributed by atoms with Crippen molar-refractivity contribution in [1.29, 1.82) is 0 Å². The monoisotopic (exact) mass is 374 g/mol. The summed E-state index contributed by atoms with van der Waals surface area (Å²) >= 11 is 5.71. The van der Waals surface area contributed by atoms with Gasteiger partial charge in [0.15, 0.2) is 5.69 Å². The summed E-state index contributed by atoms with van der Waals surface area (Å²) in [5.41, 5.74) is 0.0712. The average Bonchev–Trinajstić information content (AvgIpc) is 2.83. The summed E-state index contributed by atoms with van der Waals surface area (Å²) < 4.78 is 1.36. The van der Waals surface area contributed by atoms with Crippen molar-refractivity contribution >= 4 is 39.8 Å². The van der Waals surface area contributed by atoms with E-state index in [-0.39, 0.29) is 39.0 Å². The third kappa shape index (κ3) is 2.95. The van der Waals surface area contributed by atoms with Crippen molar-refractivity contribution < 1.29 is 19.9 Å². The van der Waals surface area contributed by atoms with Crippen LogP contribution in [0.25, 0.3) is 10.9 Å². The number of fused-ring (bicyclic) bond motifs is 1. The van der Waals surface area contributed by atoms with Gasteiger partial charge in [-0.15, -0.1) is 10.2 Å². The fraction of sp³-hybridized carbons (Fsp3) is 0.0625. The number of phenolic OH excluding ortho intramolecular Hbond substituents is 1. The second-order valence-electron chi connectivity index (χ2n) is 5.36. The van der Waals surface area contributed by atoms with Gasteiger partial charge in [0.25, 0.3) is 11.6 Å². The molecule has 3 rings (SSSR count). The molecule has 0 bridgehead atoms. The Labute approximate surface area is 150 Å². The fourth-order valence-corrected chi connectivity index (χ4v) is 2.61. The first-order valence-corrected chi connectivity index (χ1v) is 7.57. The Morgan fingerprint density at radius 3 is 2.62 bits per heavy atom. The molecule has 0 spiro atoms. The normalized spacial score (nSPS) is 11.3. The van der Waals surface area contributed by atoms with Crippen LogP contribution >= 0.6 is 11.6 Å². The van der Waals surface area contributed by atoms with E-state index in [9.17, 15) is 25.1 Å². The highest BCUT2D eigenvalue weighted by atomic mass is 35.5. The number of aryl methyl sites for hydroxylation is 1. The molecule has 0 radical (unpaired) electrons. The molecule has 26 heavy (non-hydrogen) atoms. The summed E-state index contributed by atoms with van der Waals surface area (Å²) in [6.07, 6.45) is 0. The number of aromatic nitrogens is 1. The Morgan fingerprint density at radius 2 is 1.96 bits per heavy atom. The first-order chi connectivity index (χ1) is 12.3. The molecule has 1 heterocycles. The maximum Gasteiger partial charge on any atom is 0.299 e. The minimum absolute atomic E-state index is 0.0898. The van der Waals surface area contributed by atoms with Crippen LogP contribution in [0.4, 0.5) is 11.4 Å². The number of hydrogen-bond donors (Lipinski definition) is 2. The molecular formula is C16H11ClN4O5. The largest absolute Gasteiger partial charge is 0.507 e. The lowest BCUT2D eigenvalue weighted by molar-refractivity contribution is -0.384. The number of nitro groups is 1. The first-order valence-electron chi connectivity index (χ1n) is 7.20. The van der Waals surface area contributed by atoms with Gasteiger partial charge in [-0.05, 0) is 24.3 Å². The average molecular weight is 375 g/mol. The standard InChI is InChI=1S/C16H11ClN4O5/c1-20-12-5-3-9(21(25)26)7-11(12)14(16(20)24)18-19-15(23)10-4-2-8(17)6-13(10)22/h2-7,22,24H,1H3. The van der Waals surface area contributed by atoms with E-state index in [2.05, 4.69) is 10.2 Å². The zero-order chi connectivity index (χ0) is 19.0. The van der Waals surface area contributed by atoms with E-state index in [0.29, 0.717) is 5.52 Å². The van der Waals surface area contributed by atoms with Crippen LogP contribution in [-0.2, 0) is 7.05 Å². The van der Waals surface area contributed by atoms with Crippen molar-refractivity contribution in [3.8, 4) is 11.6 Å². The second-order valence-corrected chi connectivity index (χ2v) is 5.79. The van der Waals surface area contributed by atoms with Crippen LogP contribution < -0.4 is 0 Å². The molecule has 0 fully saturated rings. The number of carbonyl (C=O) groups is 1. The van der Waals surface area contributed by atoms with Gasteiger partial charge in [0, 0.05) is 29.6 Å². The number of phenols is 1. The lowest BCUT2D eigenvalue weighted by Crippen LogP contribution is -1.94. The molecule has 3 aromatic rings. The maximum absolute atomic E-state index is 12.1. The van der Waals surface area contributed by atoms with Crippen LogP contribution in [0.15, 0.2) is 46.6 Å². The summed E-state index contributed by atoms with van der Waals surface area (Å²) in [5.74, 6) is -1.53. The predicted molar refractivity (Wildman–Crippen MR) is 93.2 cm³/mol. The molecule has 0 aliphatic heterocycles. The van der Waals surface area contributed by atoms with Crippen LogP contribution in [0.3, 0.4) is 0 Å². The Kier molecular flexibility index (Phi) is 4.31. The number of azo groups is 1. The molecule has 2 N–H and O–H groups in total. The van der Waals surface area contributed by atoms with Gasteiger partial charge in [-0.1, -0.05) is 11.6 Å². The van der Waals surface area contributed by atoms with Crippen LogP contribution in [-0.4, -0.2) is 25.6 Å². The molecule has 10 heteroatoms. The Hall–Kier alpha value is -3.46. The van der Waals surface area contributed by atoms with Gasteiger partial charge >= 0.3 is 0 Å². The van der Waals surface area contributed by atoms with Crippen molar-refractivity contribution in [2.75, 3.05) is 0 Å². The quantitative estimate of drug-likeness (QED) is 0.405. The zero-order valence-corrected chi connectivity index (χ0v) is 14.0. The van der Waals surface area contributed by atoms with E-state index in [1.807, 2.05) is 0 Å². The van der Waals surface area contributed by atoms with Gasteiger partial charge in [-0.2, -0.15) is 0 Å². The number of non-ortho nitro benzene ring substituents is 1.